The highest BCUT2D eigenvalue weighted by Crippen LogP contribution is 2.22. The molecule has 0 saturated heterocycles. The number of nitroso groups, excluding NO2 is 1. The molecule has 6 atom stereocenters. The van der Waals surface area contributed by atoms with Gasteiger partial charge in [-0.3, -0.25) is 19.2 Å². The van der Waals surface area contributed by atoms with Gasteiger partial charge < -0.3 is 26.6 Å². The number of nitrogens with one attached hydrogen (secondary N) is 5. The molecule has 0 aliphatic heterocycles. The average molecular weight is 649 g/mol. The molecule has 5 unspecified atom stereocenters. The summed E-state index contributed by atoms with van der Waals surface area (Å²) in [5, 5.41) is 17.8. The molecule has 1 aromatic carbocycles. The molecule has 1 aromatic rings. The van der Waals surface area contributed by atoms with Crippen LogP contribution in [-0.2, 0) is 19.2 Å². The maximum Gasteiger partial charge on any atom is 0.286 e. The van der Waals surface area contributed by atoms with Gasteiger partial charge in [0.05, 0.1) is 6.54 Å². The number of allylic oxidation sites excluding steroid dienone is 2. The van der Waals surface area contributed by atoms with Crippen LogP contribution in [0, 0.1) is 4.91 Å². The zero-order chi connectivity index (χ0) is 32.9. The Kier molecular flexibility index (Phi) is 19.8. The summed E-state index contributed by atoms with van der Waals surface area (Å²) < 4.78 is 0. The normalized spacial score (nSPS) is 13.9. The van der Waals surface area contributed by atoms with Crippen LogP contribution in [0.1, 0.15) is 77.3 Å². The van der Waals surface area contributed by atoms with Crippen molar-refractivity contribution in [1.82, 2.24) is 26.6 Å². The van der Waals surface area contributed by atoms with Crippen LogP contribution in [0.4, 0.5) is 0 Å². The molecule has 13 heteroatoms. The Bertz CT molecular complexity index is 1120. The summed E-state index contributed by atoms with van der Waals surface area (Å²) in [4.78, 5) is 59.7. The van der Waals surface area contributed by atoms with Gasteiger partial charge in [-0.2, -0.15) is 0 Å². The van der Waals surface area contributed by atoms with Gasteiger partial charge in [-0.15, -0.1) is 23.4 Å². The standard InChI is InChI=1S/C31H50N6O5P2/c1-5-12-24(26(44)19-21(4)34-29(31(41)32-7-3)22-13-9-8-10-14-22)36-30(40)25(17-18-43)35-23(6-2)20-33-27(38)15-11-16-28(39)37-42/h6,8-10,13-14,24-26,29,34-35H,4-5,7,11-12,15-20,43-44H2,1-3H3,(H,32,41)(H,33,38)(H,36,40)/b23-6-/t24-,25?,26?,29?/m0/s1. The molecule has 0 aliphatic rings. The maximum atomic E-state index is 13.5. The first kappa shape index (κ1) is 38.9. The Hall–Kier alpha value is -3.16. The zero-order valence-electron chi connectivity index (χ0n) is 26.2. The van der Waals surface area contributed by atoms with Crippen LogP contribution in [0.25, 0.3) is 0 Å². The van der Waals surface area contributed by atoms with E-state index >= 15 is 0 Å². The third kappa shape index (κ3) is 15.0. The number of rotatable bonds is 22. The highest BCUT2D eigenvalue weighted by atomic mass is 31.0. The second-order valence-corrected chi connectivity index (χ2v) is 11.9. The molecule has 11 nitrogen and oxygen atoms in total. The molecule has 44 heavy (non-hydrogen) atoms. The minimum atomic E-state index is -0.773. The lowest BCUT2D eigenvalue weighted by molar-refractivity contribution is -0.124. The summed E-state index contributed by atoms with van der Waals surface area (Å²) in [6.07, 6.45) is 5.47. The monoisotopic (exact) mass is 648 g/mol. The number of carbonyl (C=O) groups excluding carboxylic acids is 4. The van der Waals surface area contributed by atoms with Crippen LogP contribution >= 0.6 is 18.5 Å². The number of hydrogen-bond donors (Lipinski definition) is 5. The van der Waals surface area contributed by atoms with E-state index in [0.717, 1.165) is 18.4 Å². The van der Waals surface area contributed by atoms with Gasteiger partial charge in [-0.05, 0) is 56.9 Å². The van der Waals surface area contributed by atoms with E-state index in [4.69, 9.17) is 0 Å². The van der Waals surface area contributed by atoms with Crippen LogP contribution in [-0.4, -0.2) is 60.6 Å². The Labute approximate surface area is 266 Å². The van der Waals surface area contributed by atoms with Gasteiger partial charge in [0.1, 0.15) is 12.1 Å². The molecule has 0 aliphatic carbocycles. The third-order valence-corrected chi connectivity index (χ3v) is 7.91. The third-order valence-electron chi connectivity index (χ3n) is 6.87. The van der Waals surface area contributed by atoms with Gasteiger partial charge in [-0.25, -0.2) is 0 Å². The molecule has 5 N–H and O–H groups in total. The second kappa shape index (κ2) is 22.4. The van der Waals surface area contributed by atoms with Crippen molar-refractivity contribution < 1.29 is 19.2 Å². The molecule has 0 heterocycles. The lowest BCUT2D eigenvalue weighted by Gasteiger charge is -2.30. The molecule has 244 valence electrons. The topological polar surface area (TPSA) is 158 Å². The SMILES string of the molecule is C=C(CC(P)[C@H](CCC)NC(=O)C(CCP)N/C(=C\C)CNC(=O)CCCC(=O)N=O)NC(C(=O)NCC)c1ccccc1. The van der Waals surface area contributed by atoms with Gasteiger partial charge in [0.2, 0.25) is 17.7 Å². The number of hydrogen-bond acceptors (Lipinski definition) is 7. The molecule has 0 aromatic heterocycles. The number of benzene rings is 1. The van der Waals surface area contributed by atoms with E-state index in [1.54, 1.807) is 6.08 Å². The van der Waals surface area contributed by atoms with E-state index < -0.39 is 18.0 Å². The van der Waals surface area contributed by atoms with Gasteiger partial charge in [0.15, 0.2) is 0 Å². The lowest BCUT2D eigenvalue weighted by Crippen LogP contribution is -2.51. The molecule has 4 amide bonds. The predicted molar refractivity (Wildman–Crippen MR) is 183 cm³/mol. The minimum Gasteiger partial charge on any atom is -0.376 e. The van der Waals surface area contributed by atoms with Crippen molar-refractivity contribution in [2.45, 2.75) is 89.5 Å². The van der Waals surface area contributed by atoms with E-state index in [1.165, 1.54) is 0 Å². The number of carbonyl (C=O) groups is 4. The summed E-state index contributed by atoms with van der Waals surface area (Å²) >= 11 is 0. The molecule has 0 fully saturated rings. The van der Waals surface area contributed by atoms with Crippen molar-refractivity contribution in [2.75, 3.05) is 19.3 Å². The van der Waals surface area contributed by atoms with E-state index in [9.17, 15) is 24.1 Å². The average Bonchev–Trinajstić information content (AvgIpc) is 3.01. The number of amides is 4. The summed E-state index contributed by atoms with van der Waals surface area (Å²) in [5.74, 6) is -1.32. The fraction of sp³-hybridized carbons (Fsp3) is 0.548. The molecule has 0 spiro atoms. The summed E-state index contributed by atoms with van der Waals surface area (Å²) in [5.41, 5.74) is 2.18. The van der Waals surface area contributed by atoms with Crippen molar-refractivity contribution in [2.24, 2.45) is 5.18 Å². The molecular formula is C31H50N6O5P2. The fourth-order valence-electron chi connectivity index (χ4n) is 4.52. The number of likely N-dealkylation sites (N-methyl/N-ethyl adjacent to an activating group) is 1. The molecule has 1 rings (SSSR count). The molecule has 0 radical (unpaired) electrons. The van der Waals surface area contributed by atoms with E-state index in [1.807, 2.05) is 44.2 Å². The van der Waals surface area contributed by atoms with E-state index in [0.29, 0.717) is 36.9 Å². The van der Waals surface area contributed by atoms with Gasteiger partial charge in [0.25, 0.3) is 5.91 Å². The predicted octanol–water partition coefficient (Wildman–Crippen LogP) is 3.59. The first-order valence-corrected chi connectivity index (χ1v) is 16.7. The number of nitrogens with zero attached hydrogens (tertiary/aromatic N) is 1. The highest BCUT2D eigenvalue weighted by molar-refractivity contribution is 7.17. The largest absolute Gasteiger partial charge is 0.376 e. The van der Waals surface area contributed by atoms with Crippen molar-refractivity contribution in [3.8, 4) is 0 Å². The summed E-state index contributed by atoms with van der Waals surface area (Å²) in [6, 6.07) is 8.24. The smallest absolute Gasteiger partial charge is 0.286 e. The quantitative estimate of drug-likeness (QED) is 0.0950. The van der Waals surface area contributed by atoms with Crippen molar-refractivity contribution in [3.05, 3.63) is 64.9 Å². The Morgan fingerprint density at radius 3 is 2.27 bits per heavy atom. The fourth-order valence-corrected chi connectivity index (χ4v) is 5.43. The zero-order valence-corrected chi connectivity index (χ0v) is 28.5. The van der Waals surface area contributed by atoms with E-state index in [2.05, 4.69) is 63.7 Å². The molecular weight excluding hydrogens is 598 g/mol. The van der Waals surface area contributed by atoms with Crippen LogP contribution < -0.4 is 26.6 Å². The van der Waals surface area contributed by atoms with Crippen LogP contribution in [0.3, 0.4) is 0 Å². The minimum absolute atomic E-state index is 0.0389. The van der Waals surface area contributed by atoms with Crippen LogP contribution in [0.2, 0.25) is 0 Å². The summed E-state index contributed by atoms with van der Waals surface area (Å²) in [7, 11) is 5.47. The van der Waals surface area contributed by atoms with E-state index in [-0.39, 0.29) is 55.2 Å². The Morgan fingerprint density at radius 1 is 0.977 bits per heavy atom. The first-order valence-electron chi connectivity index (χ1n) is 15.2. The molecule has 0 saturated carbocycles. The molecule has 0 bridgehead atoms. The van der Waals surface area contributed by atoms with Crippen LogP contribution in [0.5, 0.6) is 0 Å². The van der Waals surface area contributed by atoms with Crippen LogP contribution in [0.15, 0.2) is 59.6 Å². The highest BCUT2D eigenvalue weighted by Gasteiger charge is 2.26. The van der Waals surface area contributed by atoms with Crippen molar-refractivity contribution in [3.63, 3.8) is 0 Å². The van der Waals surface area contributed by atoms with Gasteiger partial charge in [0, 0.05) is 42.0 Å². The first-order chi connectivity index (χ1) is 21.1. The Morgan fingerprint density at radius 2 is 1.68 bits per heavy atom. The van der Waals surface area contributed by atoms with Crippen molar-refractivity contribution >= 4 is 42.1 Å². The summed E-state index contributed by atoms with van der Waals surface area (Å²) in [6.45, 7) is 10.7. The second-order valence-electron chi connectivity index (χ2n) is 10.5. The van der Waals surface area contributed by atoms with Crippen molar-refractivity contribution in [1.29, 1.82) is 0 Å². The Balaban J connectivity index is 2.83. The van der Waals surface area contributed by atoms with Gasteiger partial charge >= 0.3 is 0 Å². The maximum absolute atomic E-state index is 13.5. The lowest BCUT2D eigenvalue weighted by atomic mass is 10.0. The van der Waals surface area contributed by atoms with Gasteiger partial charge in [-0.1, -0.05) is 56.3 Å².